The average molecular weight is 204 g/mol. The van der Waals surface area contributed by atoms with E-state index in [1.165, 1.54) is 0 Å². The summed E-state index contributed by atoms with van der Waals surface area (Å²) in [5, 5.41) is 18.9. The van der Waals surface area contributed by atoms with Gasteiger partial charge in [-0.3, -0.25) is 0 Å². The maximum absolute atomic E-state index is 9.55. The Bertz CT molecular complexity index is 162. The smallest absolute Gasteiger partial charge is 0.186 e. The minimum Gasteiger partial charge on any atom is -0.390 e. The molecule has 0 bridgehead atoms. The van der Waals surface area contributed by atoms with Crippen LogP contribution < -0.4 is 0 Å². The first kappa shape index (κ1) is 11.9. The van der Waals surface area contributed by atoms with Crippen molar-refractivity contribution >= 4 is 0 Å². The highest BCUT2D eigenvalue weighted by atomic mass is 16.7. The van der Waals surface area contributed by atoms with E-state index in [0.717, 1.165) is 12.8 Å². The highest BCUT2D eigenvalue weighted by Crippen LogP contribution is 2.18. The van der Waals surface area contributed by atoms with Crippen LogP contribution >= 0.6 is 0 Å². The summed E-state index contributed by atoms with van der Waals surface area (Å²) in [6.07, 6.45) is 0.203. The van der Waals surface area contributed by atoms with Gasteiger partial charge in [0.15, 0.2) is 6.29 Å². The van der Waals surface area contributed by atoms with E-state index in [1.807, 2.05) is 6.92 Å². The molecule has 1 fully saturated rings. The molecule has 2 N–H and O–H groups in total. The molecule has 4 unspecified atom stereocenters. The molecule has 0 amide bonds. The summed E-state index contributed by atoms with van der Waals surface area (Å²) in [6.45, 7) is 4.47. The van der Waals surface area contributed by atoms with Crippen molar-refractivity contribution in [3.8, 4) is 0 Å². The minimum atomic E-state index is -0.914. The topological polar surface area (TPSA) is 58.9 Å². The molecule has 1 aliphatic heterocycles. The second kappa shape index (κ2) is 5.66. The first-order valence-electron chi connectivity index (χ1n) is 5.28. The Morgan fingerprint density at radius 3 is 2.86 bits per heavy atom. The zero-order chi connectivity index (χ0) is 10.6. The monoisotopic (exact) mass is 204 g/mol. The third kappa shape index (κ3) is 3.20. The summed E-state index contributed by atoms with van der Waals surface area (Å²) in [6, 6.07) is 0. The van der Waals surface area contributed by atoms with E-state index in [2.05, 4.69) is 6.92 Å². The molecule has 0 aliphatic carbocycles. The molecule has 84 valence electrons. The van der Waals surface area contributed by atoms with Gasteiger partial charge < -0.3 is 19.7 Å². The van der Waals surface area contributed by atoms with Gasteiger partial charge in [0.2, 0.25) is 0 Å². The molecule has 1 saturated heterocycles. The van der Waals surface area contributed by atoms with Crippen LogP contribution in [0.25, 0.3) is 0 Å². The highest BCUT2D eigenvalue weighted by molar-refractivity contribution is 4.75. The second-order valence-corrected chi connectivity index (χ2v) is 3.82. The molecule has 4 nitrogen and oxygen atoms in total. The first-order chi connectivity index (χ1) is 6.65. The van der Waals surface area contributed by atoms with Crippen LogP contribution in [0.3, 0.4) is 0 Å². The molecule has 0 spiro atoms. The zero-order valence-electron chi connectivity index (χ0n) is 8.85. The highest BCUT2D eigenvalue weighted by Gasteiger charge is 2.32. The van der Waals surface area contributed by atoms with Crippen LogP contribution in [0.1, 0.15) is 33.1 Å². The second-order valence-electron chi connectivity index (χ2n) is 3.82. The van der Waals surface area contributed by atoms with Crippen molar-refractivity contribution in [2.45, 2.75) is 57.7 Å². The van der Waals surface area contributed by atoms with E-state index >= 15 is 0 Å². The third-order valence-electron chi connectivity index (χ3n) is 2.43. The van der Waals surface area contributed by atoms with Gasteiger partial charge >= 0.3 is 0 Å². The van der Waals surface area contributed by atoms with Crippen LogP contribution in [0.15, 0.2) is 0 Å². The average Bonchev–Trinajstić information content (AvgIpc) is 2.13. The molecule has 4 heteroatoms. The van der Waals surface area contributed by atoms with Crippen LogP contribution in [0.2, 0.25) is 0 Å². The normalized spacial score (nSPS) is 35.6. The molecule has 1 heterocycles. The fourth-order valence-corrected chi connectivity index (χ4v) is 1.58. The molecule has 4 atom stereocenters. The van der Waals surface area contributed by atoms with Crippen LogP contribution in [0, 0.1) is 0 Å². The van der Waals surface area contributed by atoms with Gasteiger partial charge in [0, 0.05) is 0 Å². The van der Waals surface area contributed by atoms with Crippen molar-refractivity contribution in [3.05, 3.63) is 0 Å². The largest absolute Gasteiger partial charge is 0.390 e. The Balaban J connectivity index is 2.35. The predicted molar refractivity (Wildman–Crippen MR) is 51.8 cm³/mol. The van der Waals surface area contributed by atoms with Gasteiger partial charge in [0.1, 0.15) is 6.10 Å². The molecule has 0 aromatic carbocycles. The fourth-order valence-electron chi connectivity index (χ4n) is 1.58. The third-order valence-corrected chi connectivity index (χ3v) is 2.43. The van der Waals surface area contributed by atoms with Crippen LogP contribution in [0.5, 0.6) is 0 Å². The van der Waals surface area contributed by atoms with Crippen molar-refractivity contribution in [3.63, 3.8) is 0 Å². The first-order valence-corrected chi connectivity index (χ1v) is 5.28. The van der Waals surface area contributed by atoms with Crippen LogP contribution in [-0.4, -0.2) is 41.4 Å². The van der Waals surface area contributed by atoms with E-state index in [9.17, 15) is 10.2 Å². The Morgan fingerprint density at radius 2 is 2.21 bits per heavy atom. The lowest BCUT2D eigenvalue weighted by molar-refractivity contribution is -0.256. The Morgan fingerprint density at radius 1 is 1.50 bits per heavy atom. The van der Waals surface area contributed by atoms with Gasteiger partial charge in [0.05, 0.1) is 18.8 Å². The molecular formula is C10H20O4. The quantitative estimate of drug-likeness (QED) is 0.706. The van der Waals surface area contributed by atoms with Gasteiger partial charge in [-0.05, 0) is 19.8 Å². The van der Waals surface area contributed by atoms with E-state index < -0.39 is 18.5 Å². The lowest BCUT2D eigenvalue weighted by atomic mass is 10.1. The van der Waals surface area contributed by atoms with Crippen molar-refractivity contribution in [1.29, 1.82) is 0 Å². The van der Waals surface area contributed by atoms with E-state index in [-0.39, 0.29) is 6.10 Å². The number of hydrogen-bond donors (Lipinski definition) is 2. The fraction of sp³-hybridized carbons (Fsp3) is 1.00. The molecule has 14 heavy (non-hydrogen) atoms. The lowest BCUT2D eigenvalue weighted by Crippen LogP contribution is -2.46. The minimum absolute atomic E-state index is 0.0601. The number of hydrogen-bond acceptors (Lipinski definition) is 4. The zero-order valence-corrected chi connectivity index (χ0v) is 8.85. The van der Waals surface area contributed by atoms with Crippen LogP contribution in [0.4, 0.5) is 0 Å². The number of ether oxygens (including phenoxy) is 2. The van der Waals surface area contributed by atoms with Gasteiger partial charge in [-0.15, -0.1) is 0 Å². The van der Waals surface area contributed by atoms with Gasteiger partial charge in [-0.25, -0.2) is 0 Å². The summed E-state index contributed by atoms with van der Waals surface area (Å²) in [5.74, 6) is 0. The number of rotatable bonds is 4. The van der Waals surface area contributed by atoms with E-state index in [1.54, 1.807) is 0 Å². The Hall–Kier alpha value is -0.160. The maximum atomic E-state index is 9.55. The van der Waals surface area contributed by atoms with Crippen molar-refractivity contribution in [2.24, 2.45) is 0 Å². The molecule has 0 aromatic heterocycles. The van der Waals surface area contributed by atoms with E-state index in [4.69, 9.17) is 9.47 Å². The molecule has 0 aromatic rings. The summed E-state index contributed by atoms with van der Waals surface area (Å²) >= 11 is 0. The van der Waals surface area contributed by atoms with Gasteiger partial charge in [0.25, 0.3) is 0 Å². The molecule has 0 saturated carbocycles. The van der Waals surface area contributed by atoms with Crippen molar-refractivity contribution in [1.82, 2.24) is 0 Å². The van der Waals surface area contributed by atoms with E-state index in [0.29, 0.717) is 13.0 Å². The molecule has 1 aliphatic rings. The van der Waals surface area contributed by atoms with Gasteiger partial charge in [-0.2, -0.15) is 0 Å². The van der Waals surface area contributed by atoms with Crippen molar-refractivity contribution in [2.75, 3.05) is 6.61 Å². The standard InChI is InChI=1S/C10H20O4/c1-3-4-7(2)14-10-9(12)8(11)5-6-13-10/h7-12H,3-6H2,1-2H3. The molecular weight excluding hydrogens is 184 g/mol. The lowest BCUT2D eigenvalue weighted by Gasteiger charge is -2.33. The number of aliphatic hydroxyl groups excluding tert-OH is 2. The summed E-state index contributed by atoms with van der Waals surface area (Å²) in [5.41, 5.74) is 0. The van der Waals surface area contributed by atoms with Gasteiger partial charge in [-0.1, -0.05) is 13.3 Å². The molecule has 0 radical (unpaired) electrons. The van der Waals surface area contributed by atoms with Crippen molar-refractivity contribution < 1.29 is 19.7 Å². The summed E-state index contributed by atoms with van der Waals surface area (Å²) < 4.78 is 10.7. The maximum Gasteiger partial charge on any atom is 0.186 e. The summed E-state index contributed by atoms with van der Waals surface area (Å²) in [4.78, 5) is 0. The Labute approximate surface area is 84.8 Å². The predicted octanol–water partition coefficient (Wildman–Crippen LogP) is 0.660. The number of aliphatic hydroxyl groups is 2. The van der Waals surface area contributed by atoms with Crippen LogP contribution in [-0.2, 0) is 9.47 Å². The Kier molecular flexibility index (Phi) is 4.81. The summed E-state index contributed by atoms with van der Waals surface area (Å²) in [7, 11) is 0. The molecule has 1 rings (SSSR count). The SMILES string of the molecule is CCCC(C)OC1OCCC(O)C1O.